The second kappa shape index (κ2) is 5.59. The second-order valence-corrected chi connectivity index (χ2v) is 4.32. The third-order valence-corrected chi connectivity index (χ3v) is 2.84. The van der Waals surface area contributed by atoms with Gasteiger partial charge in [-0.3, -0.25) is 0 Å². The fourth-order valence-electron chi connectivity index (χ4n) is 1.70. The van der Waals surface area contributed by atoms with Gasteiger partial charge in [0.05, 0.1) is 0 Å². The summed E-state index contributed by atoms with van der Waals surface area (Å²) >= 11 is 0. The lowest BCUT2D eigenvalue weighted by atomic mass is 10.1. The van der Waals surface area contributed by atoms with E-state index in [9.17, 15) is 5.11 Å². The lowest BCUT2D eigenvalue weighted by Crippen LogP contribution is -2.15. The Hall–Kier alpha value is -1.44. The molecule has 0 aromatic heterocycles. The molecule has 0 heterocycles. The van der Waals surface area contributed by atoms with Crippen LogP contribution in [0.15, 0.2) is 24.8 Å². The number of rotatable bonds is 5. The molecule has 0 aliphatic carbocycles. The summed E-state index contributed by atoms with van der Waals surface area (Å²) in [7, 11) is 0. The van der Waals surface area contributed by atoms with Crippen LogP contribution in [0.2, 0.25) is 0 Å². The molecular weight excluding hydrogens is 198 g/mol. The number of aromatic hydroxyl groups is 1. The Balaban J connectivity index is 2.74. The van der Waals surface area contributed by atoms with Crippen LogP contribution in [0.25, 0.3) is 0 Å². The number of allylic oxidation sites excluding steroid dienone is 1. The number of nitrogens with one attached hydrogen (secondary N) is 1. The lowest BCUT2D eigenvalue weighted by molar-refractivity contribution is 0.467. The van der Waals surface area contributed by atoms with Gasteiger partial charge in [0, 0.05) is 17.3 Å². The minimum atomic E-state index is 0.388. The third kappa shape index (κ3) is 3.02. The van der Waals surface area contributed by atoms with Crippen LogP contribution >= 0.6 is 0 Å². The molecule has 0 aliphatic heterocycles. The zero-order chi connectivity index (χ0) is 12.1. The van der Waals surface area contributed by atoms with E-state index in [0.717, 1.165) is 29.7 Å². The normalized spacial score (nSPS) is 12.2. The van der Waals surface area contributed by atoms with Crippen LogP contribution < -0.4 is 5.32 Å². The predicted octanol–water partition coefficient (Wildman–Crippen LogP) is 3.78. The van der Waals surface area contributed by atoms with E-state index in [2.05, 4.69) is 18.8 Å². The van der Waals surface area contributed by atoms with Gasteiger partial charge in [-0.15, -0.1) is 6.58 Å². The van der Waals surface area contributed by atoms with Crippen LogP contribution in [-0.4, -0.2) is 11.1 Å². The minimum absolute atomic E-state index is 0.388. The molecular formula is C14H21NO. The van der Waals surface area contributed by atoms with Crippen LogP contribution in [-0.2, 0) is 0 Å². The Labute approximate surface area is 98.0 Å². The molecule has 1 rings (SSSR count). The van der Waals surface area contributed by atoms with Crippen molar-refractivity contribution >= 4 is 5.69 Å². The van der Waals surface area contributed by atoms with Crippen LogP contribution in [0.5, 0.6) is 5.75 Å². The van der Waals surface area contributed by atoms with E-state index >= 15 is 0 Å². The van der Waals surface area contributed by atoms with Gasteiger partial charge in [-0.05, 0) is 45.2 Å². The van der Waals surface area contributed by atoms with Crippen molar-refractivity contribution in [3.05, 3.63) is 35.9 Å². The van der Waals surface area contributed by atoms with E-state index < -0.39 is 0 Å². The molecule has 2 nitrogen and oxygen atoms in total. The van der Waals surface area contributed by atoms with Crippen molar-refractivity contribution in [2.24, 2.45) is 0 Å². The second-order valence-electron chi connectivity index (χ2n) is 4.32. The van der Waals surface area contributed by atoms with Gasteiger partial charge in [-0.25, -0.2) is 0 Å². The van der Waals surface area contributed by atoms with Crippen molar-refractivity contribution in [3.63, 3.8) is 0 Å². The highest BCUT2D eigenvalue weighted by Crippen LogP contribution is 2.28. The highest BCUT2D eigenvalue weighted by molar-refractivity contribution is 5.59. The number of anilines is 1. The van der Waals surface area contributed by atoms with Crippen molar-refractivity contribution < 1.29 is 5.11 Å². The van der Waals surface area contributed by atoms with Crippen LogP contribution in [0.3, 0.4) is 0 Å². The Bertz CT molecular complexity index is 371. The fraction of sp³-hybridized carbons (Fsp3) is 0.429. The van der Waals surface area contributed by atoms with Gasteiger partial charge in [0.25, 0.3) is 0 Å². The molecule has 0 amide bonds. The molecule has 88 valence electrons. The molecule has 16 heavy (non-hydrogen) atoms. The van der Waals surface area contributed by atoms with Gasteiger partial charge in [-0.1, -0.05) is 12.1 Å². The number of benzene rings is 1. The molecule has 0 aliphatic rings. The third-order valence-electron chi connectivity index (χ3n) is 2.84. The molecule has 0 fully saturated rings. The van der Waals surface area contributed by atoms with Crippen LogP contribution in [0, 0.1) is 13.8 Å². The van der Waals surface area contributed by atoms with Crippen LogP contribution in [0.4, 0.5) is 5.69 Å². The van der Waals surface area contributed by atoms with Crippen molar-refractivity contribution in [2.45, 2.75) is 39.7 Å². The van der Waals surface area contributed by atoms with E-state index in [0.29, 0.717) is 11.8 Å². The van der Waals surface area contributed by atoms with Crippen molar-refractivity contribution in [3.8, 4) is 5.75 Å². The molecule has 1 aromatic rings. The topological polar surface area (TPSA) is 32.3 Å². The standard InChI is InChI=1S/C14H21NO/c1-5-6-7-11(3)15-13-9-8-10(2)14(16)12(13)4/h5,8-9,11,15-16H,1,6-7H2,2-4H3. The highest BCUT2D eigenvalue weighted by Gasteiger charge is 2.08. The zero-order valence-corrected chi connectivity index (χ0v) is 10.4. The molecule has 0 saturated carbocycles. The van der Waals surface area contributed by atoms with Gasteiger partial charge in [0.1, 0.15) is 5.75 Å². The van der Waals surface area contributed by atoms with Gasteiger partial charge in [-0.2, -0.15) is 0 Å². The summed E-state index contributed by atoms with van der Waals surface area (Å²) in [6, 6.07) is 4.35. The molecule has 0 radical (unpaired) electrons. The smallest absolute Gasteiger partial charge is 0.123 e. The van der Waals surface area contributed by atoms with E-state index in [-0.39, 0.29) is 0 Å². The van der Waals surface area contributed by atoms with E-state index in [1.54, 1.807) is 0 Å². The molecule has 2 heteroatoms. The van der Waals surface area contributed by atoms with Crippen molar-refractivity contribution in [2.75, 3.05) is 5.32 Å². The van der Waals surface area contributed by atoms with E-state index in [1.807, 2.05) is 32.1 Å². The monoisotopic (exact) mass is 219 g/mol. The summed E-state index contributed by atoms with van der Waals surface area (Å²) < 4.78 is 0. The molecule has 0 bridgehead atoms. The Morgan fingerprint density at radius 2 is 2.12 bits per heavy atom. The van der Waals surface area contributed by atoms with Gasteiger partial charge in [0.2, 0.25) is 0 Å². The predicted molar refractivity (Wildman–Crippen MR) is 70.1 cm³/mol. The Morgan fingerprint density at radius 3 is 2.75 bits per heavy atom. The van der Waals surface area contributed by atoms with Gasteiger partial charge in [0.15, 0.2) is 0 Å². The summed E-state index contributed by atoms with van der Waals surface area (Å²) in [5.41, 5.74) is 2.85. The summed E-state index contributed by atoms with van der Waals surface area (Å²) in [5.74, 6) is 0.390. The Morgan fingerprint density at radius 1 is 1.44 bits per heavy atom. The minimum Gasteiger partial charge on any atom is -0.507 e. The number of hydrogen-bond donors (Lipinski definition) is 2. The van der Waals surface area contributed by atoms with Gasteiger partial charge >= 0.3 is 0 Å². The van der Waals surface area contributed by atoms with E-state index in [1.165, 1.54) is 0 Å². The molecule has 0 saturated heterocycles. The maximum Gasteiger partial charge on any atom is 0.123 e. The molecule has 2 N–H and O–H groups in total. The highest BCUT2D eigenvalue weighted by atomic mass is 16.3. The lowest BCUT2D eigenvalue weighted by Gasteiger charge is -2.17. The number of phenolic OH excluding ortho intramolecular Hbond substituents is 1. The molecule has 1 atom stereocenters. The first-order valence-electron chi connectivity index (χ1n) is 5.73. The maximum atomic E-state index is 9.82. The average molecular weight is 219 g/mol. The summed E-state index contributed by atoms with van der Waals surface area (Å²) in [5, 5.41) is 13.2. The molecule has 1 unspecified atom stereocenters. The van der Waals surface area contributed by atoms with Gasteiger partial charge < -0.3 is 10.4 Å². The first-order chi connectivity index (χ1) is 7.56. The number of phenols is 1. The number of aryl methyl sites for hydroxylation is 1. The summed E-state index contributed by atoms with van der Waals surface area (Å²) in [6.07, 6.45) is 3.99. The zero-order valence-electron chi connectivity index (χ0n) is 10.4. The first-order valence-corrected chi connectivity index (χ1v) is 5.73. The molecule has 1 aromatic carbocycles. The van der Waals surface area contributed by atoms with E-state index in [4.69, 9.17) is 0 Å². The quantitative estimate of drug-likeness (QED) is 0.739. The SMILES string of the molecule is C=CCCC(C)Nc1ccc(C)c(O)c1C. The fourth-order valence-corrected chi connectivity index (χ4v) is 1.70. The van der Waals surface area contributed by atoms with Crippen molar-refractivity contribution in [1.82, 2.24) is 0 Å². The number of hydrogen-bond acceptors (Lipinski definition) is 2. The average Bonchev–Trinajstić information content (AvgIpc) is 2.27. The molecule has 0 spiro atoms. The first kappa shape index (κ1) is 12.6. The largest absolute Gasteiger partial charge is 0.507 e. The Kier molecular flexibility index (Phi) is 4.41. The maximum absolute atomic E-state index is 9.82. The summed E-state index contributed by atoms with van der Waals surface area (Å²) in [6.45, 7) is 9.70. The van der Waals surface area contributed by atoms with Crippen molar-refractivity contribution in [1.29, 1.82) is 0 Å². The van der Waals surface area contributed by atoms with Crippen LogP contribution in [0.1, 0.15) is 30.9 Å². The summed E-state index contributed by atoms with van der Waals surface area (Å²) in [4.78, 5) is 0.